The number of esters is 1. The van der Waals surface area contributed by atoms with Crippen LogP contribution in [0.2, 0.25) is 0 Å². The highest BCUT2D eigenvalue weighted by molar-refractivity contribution is 7.45. The number of carbonyl (C=O) groups is 1. The van der Waals surface area contributed by atoms with Crippen molar-refractivity contribution in [2.45, 2.75) is 39.0 Å². The molecule has 24 heavy (non-hydrogen) atoms. The number of phosphoric ester groups is 1. The van der Waals surface area contributed by atoms with Crippen LogP contribution >= 0.6 is 7.82 Å². The molecule has 0 bridgehead atoms. The van der Waals surface area contributed by atoms with Crippen molar-refractivity contribution in [1.82, 2.24) is 0 Å². The molecule has 0 rings (SSSR count). The van der Waals surface area contributed by atoms with Gasteiger partial charge in [-0.15, -0.1) is 0 Å². The summed E-state index contributed by atoms with van der Waals surface area (Å²) in [6.45, 7) is 6.53. The van der Waals surface area contributed by atoms with Gasteiger partial charge in [-0.05, 0) is 26.2 Å². The molecule has 0 aromatic heterocycles. The van der Waals surface area contributed by atoms with E-state index in [9.17, 15) is 14.3 Å². The minimum atomic E-state index is -4.20. The lowest BCUT2D eigenvalue weighted by Crippen LogP contribution is -2.35. The second kappa shape index (κ2) is 11.8. The van der Waals surface area contributed by atoms with Gasteiger partial charge in [0, 0.05) is 12.0 Å². The van der Waals surface area contributed by atoms with Gasteiger partial charge in [-0.1, -0.05) is 13.0 Å². The molecule has 8 heteroatoms. The quantitative estimate of drug-likeness (QED) is 0.154. The minimum absolute atomic E-state index is 0.113. The standard InChI is InChI=1S/C16H32NO6P/c1-15(2)16(18)21-12-8-6-7-9-13-22-24(19,20)23-14-10-11-17(3,4)5/h1,6-14H2,2-5H3. The third-order valence-corrected chi connectivity index (χ3v) is 4.09. The van der Waals surface area contributed by atoms with Crippen LogP contribution in [-0.2, 0) is 23.1 Å². The normalized spacial score (nSPS) is 14.2. The van der Waals surface area contributed by atoms with Gasteiger partial charge in [-0.25, -0.2) is 4.79 Å². The summed E-state index contributed by atoms with van der Waals surface area (Å²) < 4.78 is 26.9. The van der Waals surface area contributed by atoms with Crippen LogP contribution in [0, 0.1) is 0 Å². The summed E-state index contributed by atoms with van der Waals surface area (Å²) in [5.41, 5.74) is 0.385. The molecule has 0 N–H and O–H groups in total. The number of hydrogen-bond acceptors (Lipinski definition) is 6. The molecule has 0 spiro atoms. The molecule has 0 aliphatic heterocycles. The van der Waals surface area contributed by atoms with Crippen LogP contribution in [0.5, 0.6) is 0 Å². The molecule has 1 atom stereocenters. The maximum Gasteiger partial charge on any atom is 0.333 e. The highest BCUT2D eigenvalue weighted by atomic mass is 31.2. The number of ether oxygens (including phenoxy) is 1. The summed E-state index contributed by atoms with van der Waals surface area (Å²) in [5, 5.41) is 0. The fraction of sp³-hybridized carbons (Fsp3) is 0.812. The number of carbonyl (C=O) groups excluding carboxylic acids is 1. The van der Waals surface area contributed by atoms with E-state index >= 15 is 0 Å². The lowest BCUT2D eigenvalue weighted by atomic mass is 10.2. The third-order valence-electron chi connectivity index (χ3n) is 3.09. The van der Waals surface area contributed by atoms with Crippen LogP contribution in [-0.4, -0.2) is 58.0 Å². The zero-order chi connectivity index (χ0) is 18.6. The lowest BCUT2D eigenvalue weighted by Gasteiger charge is -2.26. The fourth-order valence-corrected chi connectivity index (χ4v) is 2.55. The van der Waals surface area contributed by atoms with Crippen LogP contribution in [0.15, 0.2) is 12.2 Å². The molecule has 0 amide bonds. The SMILES string of the molecule is C=C(C)C(=O)OCCCCCCOP(=O)([O-])OCCC[N+](C)(C)C. The molecule has 0 saturated carbocycles. The van der Waals surface area contributed by atoms with E-state index in [0.29, 0.717) is 25.0 Å². The first-order chi connectivity index (χ1) is 11.0. The zero-order valence-electron chi connectivity index (χ0n) is 15.4. The maximum atomic E-state index is 11.5. The molecule has 0 fully saturated rings. The average Bonchev–Trinajstić information content (AvgIpc) is 2.45. The van der Waals surface area contributed by atoms with Crippen LogP contribution in [0.1, 0.15) is 39.0 Å². The topological polar surface area (TPSA) is 84.9 Å². The summed E-state index contributed by atoms with van der Waals surface area (Å²) >= 11 is 0. The van der Waals surface area contributed by atoms with E-state index in [-0.39, 0.29) is 19.2 Å². The first-order valence-corrected chi connectivity index (χ1v) is 9.73. The van der Waals surface area contributed by atoms with Crippen molar-refractivity contribution in [3.05, 3.63) is 12.2 Å². The van der Waals surface area contributed by atoms with Gasteiger partial charge in [0.15, 0.2) is 0 Å². The van der Waals surface area contributed by atoms with Gasteiger partial charge in [0.1, 0.15) is 0 Å². The van der Waals surface area contributed by atoms with Gasteiger partial charge < -0.3 is 23.2 Å². The van der Waals surface area contributed by atoms with Crippen LogP contribution in [0.25, 0.3) is 0 Å². The van der Waals surface area contributed by atoms with E-state index in [2.05, 4.69) is 6.58 Å². The second-order valence-corrected chi connectivity index (χ2v) is 8.22. The van der Waals surface area contributed by atoms with Crippen molar-refractivity contribution >= 4 is 13.8 Å². The van der Waals surface area contributed by atoms with E-state index < -0.39 is 7.82 Å². The van der Waals surface area contributed by atoms with Crippen molar-refractivity contribution in [3.63, 3.8) is 0 Å². The van der Waals surface area contributed by atoms with Crippen molar-refractivity contribution in [3.8, 4) is 0 Å². The first kappa shape index (κ1) is 23.3. The Balaban J connectivity index is 3.56. The molecule has 142 valence electrons. The van der Waals surface area contributed by atoms with Crippen LogP contribution in [0.4, 0.5) is 0 Å². The Bertz CT molecular complexity index is 433. The van der Waals surface area contributed by atoms with E-state index in [1.54, 1.807) is 6.92 Å². The number of hydrogen-bond donors (Lipinski definition) is 0. The molecular formula is C16H32NO6P. The Hall–Kier alpha value is -0.720. The molecule has 0 aromatic rings. The summed E-state index contributed by atoms with van der Waals surface area (Å²) in [4.78, 5) is 22.7. The predicted octanol–water partition coefficient (Wildman–Crippen LogP) is 2.26. The van der Waals surface area contributed by atoms with Crippen LogP contribution in [0.3, 0.4) is 0 Å². The number of rotatable bonds is 14. The van der Waals surface area contributed by atoms with Crippen molar-refractivity contribution in [2.75, 3.05) is 47.5 Å². The zero-order valence-corrected chi connectivity index (χ0v) is 16.3. The first-order valence-electron chi connectivity index (χ1n) is 8.27. The largest absolute Gasteiger partial charge is 0.756 e. The fourth-order valence-electron chi connectivity index (χ4n) is 1.77. The molecule has 1 unspecified atom stereocenters. The van der Waals surface area contributed by atoms with E-state index in [0.717, 1.165) is 30.3 Å². The Morgan fingerprint density at radius 1 is 1.00 bits per heavy atom. The summed E-state index contributed by atoms with van der Waals surface area (Å²) in [6, 6.07) is 0. The van der Waals surface area contributed by atoms with Gasteiger partial charge in [-0.2, -0.15) is 0 Å². The Morgan fingerprint density at radius 2 is 1.50 bits per heavy atom. The molecule has 0 saturated heterocycles. The van der Waals surface area contributed by atoms with E-state index in [1.807, 2.05) is 21.1 Å². The van der Waals surface area contributed by atoms with Crippen molar-refractivity contribution in [2.24, 2.45) is 0 Å². The van der Waals surface area contributed by atoms with Gasteiger partial charge in [-0.3, -0.25) is 4.57 Å². The summed E-state index contributed by atoms with van der Waals surface area (Å²) in [7, 11) is 1.91. The third kappa shape index (κ3) is 14.8. The minimum Gasteiger partial charge on any atom is -0.756 e. The number of unbranched alkanes of at least 4 members (excludes halogenated alkanes) is 3. The molecular weight excluding hydrogens is 333 g/mol. The number of nitrogens with zero attached hydrogens (tertiary/aromatic N) is 1. The Kier molecular flexibility index (Phi) is 11.4. The summed E-state index contributed by atoms with van der Waals surface area (Å²) in [6.07, 6.45) is 3.63. The van der Waals surface area contributed by atoms with Gasteiger partial charge >= 0.3 is 5.97 Å². The monoisotopic (exact) mass is 365 g/mol. The molecule has 0 aliphatic carbocycles. The number of phosphoric acid groups is 1. The van der Waals surface area contributed by atoms with Crippen LogP contribution < -0.4 is 4.89 Å². The lowest BCUT2D eigenvalue weighted by molar-refractivity contribution is -0.870. The summed E-state index contributed by atoms with van der Waals surface area (Å²) in [5.74, 6) is -0.381. The Labute approximate surface area is 145 Å². The second-order valence-electron chi connectivity index (χ2n) is 6.81. The van der Waals surface area contributed by atoms with Gasteiger partial charge in [0.05, 0.1) is 47.5 Å². The highest BCUT2D eigenvalue weighted by Crippen LogP contribution is 2.38. The average molecular weight is 365 g/mol. The maximum absolute atomic E-state index is 11.5. The Morgan fingerprint density at radius 3 is 2.00 bits per heavy atom. The molecule has 0 radical (unpaired) electrons. The molecule has 0 aliphatic rings. The van der Waals surface area contributed by atoms with Gasteiger partial charge in [0.2, 0.25) is 0 Å². The number of quaternary nitrogens is 1. The van der Waals surface area contributed by atoms with E-state index in [4.69, 9.17) is 13.8 Å². The highest BCUT2D eigenvalue weighted by Gasteiger charge is 2.11. The molecule has 7 nitrogen and oxygen atoms in total. The molecule has 0 aromatic carbocycles. The smallest absolute Gasteiger partial charge is 0.333 e. The van der Waals surface area contributed by atoms with Gasteiger partial charge in [0.25, 0.3) is 7.82 Å². The van der Waals surface area contributed by atoms with Crippen molar-refractivity contribution in [1.29, 1.82) is 0 Å². The molecule has 0 heterocycles. The van der Waals surface area contributed by atoms with E-state index in [1.165, 1.54) is 0 Å². The predicted molar refractivity (Wildman–Crippen MR) is 91.3 cm³/mol. The van der Waals surface area contributed by atoms with Crippen molar-refractivity contribution < 1.29 is 32.5 Å².